The Hall–Kier alpha value is -0.650. The molecule has 98 valence electrons. The van der Waals surface area contributed by atoms with E-state index in [1.54, 1.807) is 7.11 Å². The molecular weight excluding hydrogens is 220 g/mol. The van der Waals surface area contributed by atoms with Crippen LogP contribution in [0.5, 0.6) is 0 Å². The van der Waals surface area contributed by atoms with Crippen LogP contribution >= 0.6 is 0 Å². The highest BCUT2D eigenvalue weighted by molar-refractivity contribution is 5.82. The van der Waals surface area contributed by atoms with E-state index in [1.807, 2.05) is 4.90 Å². The summed E-state index contributed by atoms with van der Waals surface area (Å²) in [5, 5.41) is 3.20. The van der Waals surface area contributed by atoms with Gasteiger partial charge in [-0.25, -0.2) is 0 Å². The molecule has 17 heavy (non-hydrogen) atoms. The van der Waals surface area contributed by atoms with Crippen molar-refractivity contribution in [2.75, 3.05) is 40.0 Å². The second-order valence-electron chi connectivity index (χ2n) is 5.10. The summed E-state index contributed by atoms with van der Waals surface area (Å²) >= 11 is 0. The lowest BCUT2D eigenvalue weighted by Crippen LogP contribution is -2.57. The first-order valence-electron chi connectivity index (χ1n) is 6.30. The first-order chi connectivity index (χ1) is 8.14. The number of amides is 1. The fourth-order valence-electron chi connectivity index (χ4n) is 2.50. The first kappa shape index (κ1) is 12.8. The van der Waals surface area contributed by atoms with E-state index >= 15 is 0 Å². The minimum atomic E-state index is -0.191. The van der Waals surface area contributed by atoms with Crippen molar-refractivity contribution in [2.45, 2.75) is 31.4 Å². The second-order valence-corrected chi connectivity index (χ2v) is 5.10. The summed E-state index contributed by atoms with van der Waals surface area (Å²) in [5.41, 5.74) is -0.191. The number of morpholine rings is 1. The van der Waals surface area contributed by atoms with E-state index in [1.165, 1.54) is 0 Å². The molecule has 0 radical (unpaired) electrons. The third-order valence-corrected chi connectivity index (χ3v) is 3.68. The lowest BCUT2D eigenvalue weighted by molar-refractivity contribution is -0.144. The monoisotopic (exact) mass is 242 g/mol. The van der Waals surface area contributed by atoms with E-state index < -0.39 is 0 Å². The van der Waals surface area contributed by atoms with Gasteiger partial charge < -0.3 is 19.7 Å². The van der Waals surface area contributed by atoms with E-state index in [0.717, 1.165) is 25.9 Å². The van der Waals surface area contributed by atoms with Crippen molar-refractivity contribution in [3.05, 3.63) is 0 Å². The van der Waals surface area contributed by atoms with Crippen LogP contribution in [0.4, 0.5) is 0 Å². The molecule has 2 atom stereocenters. The molecule has 2 rings (SSSR count). The van der Waals surface area contributed by atoms with Gasteiger partial charge in [0.2, 0.25) is 5.91 Å². The number of piperidine rings is 1. The first-order valence-corrected chi connectivity index (χ1v) is 6.30. The Morgan fingerprint density at radius 3 is 3.06 bits per heavy atom. The van der Waals surface area contributed by atoms with Gasteiger partial charge in [0, 0.05) is 26.7 Å². The minimum absolute atomic E-state index is 0.146. The molecule has 1 N–H and O–H groups in total. The number of rotatable bonds is 2. The Morgan fingerprint density at radius 1 is 1.59 bits per heavy atom. The van der Waals surface area contributed by atoms with Crippen LogP contribution in [0.25, 0.3) is 0 Å². The summed E-state index contributed by atoms with van der Waals surface area (Å²) in [7, 11) is 1.72. The lowest BCUT2D eigenvalue weighted by atomic mass is 9.94. The lowest BCUT2D eigenvalue weighted by Gasteiger charge is -2.41. The minimum Gasteiger partial charge on any atom is -0.378 e. The molecule has 0 aromatic carbocycles. The summed E-state index contributed by atoms with van der Waals surface area (Å²) in [6, 6.07) is -0.178. The molecule has 0 aromatic heterocycles. The quantitative estimate of drug-likeness (QED) is 0.740. The Bertz CT molecular complexity index is 279. The smallest absolute Gasteiger partial charge is 0.242 e. The zero-order valence-corrected chi connectivity index (χ0v) is 10.7. The Labute approximate surface area is 102 Å². The maximum Gasteiger partial charge on any atom is 0.242 e. The number of likely N-dealkylation sites (tertiary alicyclic amines) is 1. The molecule has 5 heteroatoms. The van der Waals surface area contributed by atoms with Crippen LogP contribution in [0.2, 0.25) is 0 Å². The summed E-state index contributed by atoms with van der Waals surface area (Å²) in [6.45, 7) is 5.51. The number of nitrogens with one attached hydrogen (secondary N) is 1. The molecule has 2 aliphatic heterocycles. The topological polar surface area (TPSA) is 50.8 Å². The van der Waals surface area contributed by atoms with Gasteiger partial charge in [-0.05, 0) is 19.8 Å². The van der Waals surface area contributed by atoms with Gasteiger partial charge in [-0.3, -0.25) is 4.79 Å². The van der Waals surface area contributed by atoms with Crippen LogP contribution in [0.3, 0.4) is 0 Å². The van der Waals surface area contributed by atoms with E-state index in [4.69, 9.17) is 9.47 Å². The molecule has 0 spiro atoms. The molecule has 2 heterocycles. The average molecular weight is 242 g/mol. The Morgan fingerprint density at radius 2 is 2.41 bits per heavy atom. The van der Waals surface area contributed by atoms with Gasteiger partial charge in [0.25, 0.3) is 0 Å². The van der Waals surface area contributed by atoms with Crippen molar-refractivity contribution in [1.29, 1.82) is 0 Å². The number of carbonyl (C=O) groups excluding carboxylic acids is 1. The Balaban J connectivity index is 1.94. The SMILES string of the molecule is COC1(C)CCCN(C(=O)C2COCCN2)C1. The van der Waals surface area contributed by atoms with Crippen LogP contribution in [0.15, 0.2) is 0 Å². The van der Waals surface area contributed by atoms with E-state index in [0.29, 0.717) is 19.8 Å². The van der Waals surface area contributed by atoms with Crippen molar-refractivity contribution in [2.24, 2.45) is 0 Å². The molecular formula is C12H22N2O3. The van der Waals surface area contributed by atoms with Gasteiger partial charge in [-0.15, -0.1) is 0 Å². The van der Waals surface area contributed by atoms with Gasteiger partial charge in [-0.1, -0.05) is 0 Å². The third-order valence-electron chi connectivity index (χ3n) is 3.68. The normalized spacial score (nSPS) is 34.7. The van der Waals surface area contributed by atoms with Crippen LogP contribution in [0, 0.1) is 0 Å². The third kappa shape index (κ3) is 2.97. The molecule has 2 fully saturated rings. The Kier molecular flexibility index (Phi) is 4.01. The number of ether oxygens (including phenoxy) is 2. The number of nitrogens with zero attached hydrogens (tertiary/aromatic N) is 1. The molecule has 0 bridgehead atoms. The maximum absolute atomic E-state index is 12.3. The van der Waals surface area contributed by atoms with Crippen molar-refractivity contribution >= 4 is 5.91 Å². The van der Waals surface area contributed by atoms with Crippen LogP contribution in [-0.2, 0) is 14.3 Å². The highest BCUT2D eigenvalue weighted by Crippen LogP contribution is 2.24. The maximum atomic E-state index is 12.3. The van der Waals surface area contributed by atoms with E-state index in [2.05, 4.69) is 12.2 Å². The zero-order chi connectivity index (χ0) is 12.3. The average Bonchev–Trinajstić information content (AvgIpc) is 2.39. The number of hydrogen-bond donors (Lipinski definition) is 1. The van der Waals surface area contributed by atoms with Gasteiger partial charge in [0.1, 0.15) is 6.04 Å². The van der Waals surface area contributed by atoms with Gasteiger partial charge in [0.15, 0.2) is 0 Å². The highest BCUT2D eigenvalue weighted by atomic mass is 16.5. The summed E-state index contributed by atoms with van der Waals surface area (Å²) in [6.07, 6.45) is 2.02. The molecule has 1 amide bonds. The fraction of sp³-hybridized carbons (Fsp3) is 0.917. The molecule has 2 unspecified atom stereocenters. The van der Waals surface area contributed by atoms with Gasteiger partial charge >= 0.3 is 0 Å². The standard InChI is InChI=1S/C12H22N2O3/c1-12(16-2)4-3-6-14(9-12)11(15)10-8-17-7-5-13-10/h10,13H,3-9H2,1-2H3. The number of methoxy groups -OCH3 is 1. The molecule has 2 saturated heterocycles. The van der Waals surface area contributed by atoms with Crippen molar-refractivity contribution in [1.82, 2.24) is 10.2 Å². The number of hydrogen-bond acceptors (Lipinski definition) is 4. The summed E-state index contributed by atoms with van der Waals surface area (Å²) < 4.78 is 10.8. The van der Waals surface area contributed by atoms with E-state index in [-0.39, 0.29) is 17.6 Å². The van der Waals surface area contributed by atoms with Crippen LogP contribution in [0.1, 0.15) is 19.8 Å². The molecule has 0 aromatic rings. The van der Waals surface area contributed by atoms with Crippen molar-refractivity contribution in [3.63, 3.8) is 0 Å². The molecule has 0 saturated carbocycles. The van der Waals surface area contributed by atoms with Crippen molar-refractivity contribution < 1.29 is 14.3 Å². The van der Waals surface area contributed by atoms with Gasteiger partial charge in [-0.2, -0.15) is 0 Å². The fourth-order valence-corrected chi connectivity index (χ4v) is 2.50. The summed E-state index contributed by atoms with van der Waals surface area (Å²) in [4.78, 5) is 14.2. The van der Waals surface area contributed by atoms with Crippen LogP contribution < -0.4 is 5.32 Å². The predicted molar refractivity (Wildman–Crippen MR) is 63.8 cm³/mol. The largest absolute Gasteiger partial charge is 0.378 e. The van der Waals surface area contributed by atoms with E-state index in [9.17, 15) is 4.79 Å². The van der Waals surface area contributed by atoms with Gasteiger partial charge in [0.05, 0.1) is 18.8 Å². The zero-order valence-electron chi connectivity index (χ0n) is 10.7. The molecule has 0 aliphatic carbocycles. The molecule has 5 nitrogen and oxygen atoms in total. The summed E-state index contributed by atoms with van der Waals surface area (Å²) in [5.74, 6) is 0.146. The second kappa shape index (κ2) is 5.33. The predicted octanol–water partition coefficient (Wildman–Crippen LogP) is 0.00230. The highest BCUT2D eigenvalue weighted by Gasteiger charge is 2.35. The number of carbonyl (C=O) groups is 1. The van der Waals surface area contributed by atoms with Crippen molar-refractivity contribution in [3.8, 4) is 0 Å². The molecule has 2 aliphatic rings. The van der Waals surface area contributed by atoms with Crippen LogP contribution in [-0.4, -0.2) is 62.4 Å².